The maximum absolute atomic E-state index is 12.3. The van der Waals surface area contributed by atoms with Crippen molar-refractivity contribution in [1.29, 1.82) is 0 Å². The molecule has 3 rings (SSSR count). The Morgan fingerprint density at radius 3 is 2.76 bits per heavy atom. The fraction of sp³-hybridized carbons (Fsp3) is 0.500. The van der Waals surface area contributed by atoms with E-state index in [9.17, 15) is 14.9 Å². The molecular formula is C14H16BrN3O3. The number of benzene rings is 1. The Labute approximate surface area is 130 Å². The Kier molecular flexibility index (Phi) is 3.84. The minimum Gasteiger partial charge on any atom is -0.359 e. The molecule has 1 atom stereocenters. The molecule has 1 aliphatic carbocycles. The average Bonchev–Trinajstić information content (AvgIpc) is 3.12. The predicted molar refractivity (Wildman–Crippen MR) is 82.3 cm³/mol. The van der Waals surface area contributed by atoms with Crippen LogP contribution >= 0.6 is 15.9 Å². The Bertz CT molecular complexity index is 589. The second-order valence-corrected chi connectivity index (χ2v) is 6.38. The summed E-state index contributed by atoms with van der Waals surface area (Å²) < 4.78 is 0.655. The molecule has 1 N–H and O–H groups in total. The molecule has 1 aromatic carbocycles. The maximum atomic E-state index is 12.3. The van der Waals surface area contributed by atoms with Gasteiger partial charge in [0.25, 0.3) is 5.69 Å². The summed E-state index contributed by atoms with van der Waals surface area (Å²) in [6.07, 6.45) is 3.91. The van der Waals surface area contributed by atoms with Gasteiger partial charge in [-0.2, -0.15) is 0 Å². The lowest BCUT2D eigenvalue weighted by molar-refractivity contribution is -0.384. The summed E-state index contributed by atoms with van der Waals surface area (Å²) in [5.41, 5.74) is 0.887. The Morgan fingerprint density at radius 2 is 2.14 bits per heavy atom. The first-order chi connectivity index (χ1) is 10.1. The van der Waals surface area contributed by atoms with Gasteiger partial charge in [0, 0.05) is 29.2 Å². The van der Waals surface area contributed by atoms with Crippen LogP contribution in [0.25, 0.3) is 0 Å². The number of rotatable bonds is 4. The van der Waals surface area contributed by atoms with E-state index >= 15 is 0 Å². The number of halogens is 1. The monoisotopic (exact) mass is 353 g/mol. The molecule has 0 radical (unpaired) electrons. The van der Waals surface area contributed by atoms with Crippen LogP contribution in [0.5, 0.6) is 0 Å². The van der Waals surface area contributed by atoms with Gasteiger partial charge in [-0.25, -0.2) is 0 Å². The van der Waals surface area contributed by atoms with Crippen LogP contribution in [-0.4, -0.2) is 29.5 Å². The number of hydrogen-bond acceptors (Lipinski definition) is 4. The van der Waals surface area contributed by atoms with Gasteiger partial charge in [-0.05, 0) is 47.7 Å². The second kappa shape index (κ2) is 5.63. The molecule has 1 saturated carbocycles. The summed E-state index contributed by atoms with van der Waals surface area (Å²) in [6.45, 7) is 0.791. The molecule has 2 aliphatic rings. The van der Waals surface area contributed by atoms with Crippen LogP contribution in [0.4, 0.5) is 11.4 Å². The minimum absolute atomic E-state index is 0.0452. The fourth-order valence-electron chi connectivity index (χ4n) is 2.69. The molecule has 1 aliphatic heterocycles. The Balaban J connectivity index is 1.80. The maximum Gasteiger partial charge on any atom is 0.270 e. The van der Waals surface area contributed by atoms with Crippen LogP contribution in [-0.2, 0) is 4.79 Å². The van der Waals surface area contributed by atoms with Crippen LogP contribution in [0.2, 0.25) is 0 Å². The highest BCUT2D eigenvalue weighted by Crippen LogP contribution is 2.35. The van der Waals surface area contributed by atoms with E-state index in [1.165, 1.54) is 12.1 Å². The minimum atomic E-state index is -0.421. The van der Waals surface area contributed by atoms with E-state index in [0.717, 1.165) is 37.9 Å². The van der Waals surface area contributed by atoms with Gasteiger partial charge in [0.05, 0.1) is 10.6 Å². The lowest BCUT2D eigenvalue weighted by Gasteiger charge is -2.26. The molecule has 7 heteroatoms. The van der Waals surface area contributed by atoms with Crippen molar-refractivity contribution < 1.29 is 9.72 Å². The highest BCUT2D eigenvalue weighted by atomic mass is 79.9. The molecular weight excluding hydrogens is 338 g/mol. The summed E-state index contributed by atoms with van der Waals surface area (Å²) >= 11 is 3.39. The van der Waals surface area contributed by atoms with Crippen molar-refractivity contribution in [3.05, 3.63) is 32.8 Å². The molecule has 1 heterocycles. The van der Waals surface area contributed by atoms with E-state index in [-0.39, 0.29) is 17.6 Å². The Morgan fingerprint density at radius 1 is 1.38 bits per heavy atom. The second-order valence-electron chi connectivity index (χ2n) is 5.53. The number of hydrogen-bond donors (Lipinski definition) is 1. The van der Waals surface area contributed by atoms with E-state index < -0.39 is 4.92 Å². The number of carbonyl (C=O) groups excluding carboxylic acids is 1. The number of nitrogens with zero attached hydrogens (tertiary/aromatic N) is 2. The van der Waals surface area contributed by atoms with Crippen molar-refractivity contribution >= 4 is 33.2 Å². The van der Waals surface area contributed by atoms with Crippen molar-refractivity contribution in [2.45, 2.75) is 37.8 Å². The van der Waals surface area contributed by atoms with E-state index in [1.807, 2.05) is 4.90 Å². The molecule has 0 aromatic heterocycles. The van der Waals surface area contributed by atoms with Crippen molar-refractivity contribution in [2.24, 2.45) is 0 Å². The summed E-state index contributed by atoms with van der Waals surface area (Å²) in [5, 5.41) is 13.8. The number of amides is 1. The highest BCUT2D eigenvalue weighted by molar-refractivity contribution is 9.10. The van der Waals surface area contributed by atoms with E-state index in [2.05, 4.69) is 21.2 Å². The summed E-state index contributed by atoms with van der Waals surface area (Å²) in [4.78, 5) is 24.7. The van der Waals surface area contributed by atoms with Crippen molar-refractivity contribution in [2.75, 3.05) is 11.4 Å². The molecule has 112 valence electrons. The molecule has 1 aromatic rings. The first-order valence-corrected chi connectivity index (χ1v) is 7.86. The van der Waals surface area contributed by atoms with Crippen LogP contribution in [0.3, 0.4) is 0 Å². The molecule has 6 nitrogen and oxygen atoms in total. The fourth-order valence-corrected chi connectivity index (χ4v) is 3.29. The van der Waals surface area contributed by atoms with Gasteiger partial charge in [0.15, 0.2) is 0 Å². The normalized spacial score (nSPS) is 21.4. The molecule has 0 spiro atoms. The molecule has 1 amide bonds. The van der Waals surface area contributed by atoms with E-state index in [1.54, 1.807) is 6.07 Å². The third kappa shape index (κ3) is 3.02. The van der Waals surface area contributed by atoms with Crippen LogP contribution in [0.1, 0.15) is 25.7 Å². The van der Waals surface area contributed by atoms with Gasteiger partial charge in [0.2, 0.25) is 5.91 Å². The van der Waals surface area contributed by atoms with Crippen LogP contribution in [0.15, 0.2) is 22.7 Å². The lowest BCUT2D eigenvalue weighted by Crippen LogP contribution is -2.44. The van der Waals surface area contributed by atoms with Gasteiger partial charge in [-0.1, -0.05) is 0 Å². The zero-order valence-electron chi connectivity index (χ0n) is 11.4. The number of anilines is 1. The summed E-state index contributed by atoms with van der Waals surface area (Å²) in [5.74, 6) is 0.0697. The summed E-state index contributed by atoms with van der Waals surface area (Å²) in [6, 6.07) is 4.85. The topological polar surface area (TPSA) is 75.5 Å². The molecule has 2 fully saturated rings. The van der Waals surface area contributed by atoms with Crippen LogP contribution in [0, 0.1) is 10.1 Å². The average molecular weight is 354 g/mol. The van der Waals surface area contributed by atoms with Gasteiger partial charge in [0.1, 0.15) is 6.04 Å². The third-order valence-electron chi connectivity index (χ3n) is 3.93. The van der Waals surface area contributed by atoms with Crippen molar-refractivity contribution in [3.8, 4) is 0 Å². The number of nitrogens with one attached hydrogen (secondary N) is 1. The van der Waals surface area contributed by atoms with E-state index in [4.69, 9.17) is 0 Å². The highest BCUT2D eigenvalue weighted by Gasteiger charge is 2.35. The number of non-ortho nitro benzene ring substituents is 1. The van der Waals surface area contributed by atoms with Crippen molar-refractivity contribution in [1.82, 2.24) is 5.32 Å². The third-order valence-corrected chi connectivity index (χ3v) is 4.57. The number of nitro benzene ring substituents is 1. The zero-order valence-corrected chi connectivity index (χ0v) is 13.0. The summed E-state index contributed by atoms with van der Waals surface area (Å²) in [7, 11) is 0. The molecule has 1 saturated heterocycles. The quantitative estimate of drug-likeness (QED) is 0.666. The molecule has 21 heavy (non-hydrogen) atoms. The van der Waals surface area contributed by atoms with Gasteiger partial charge >= 0.3 is 0 Å². The van der Waals surface area contributed by atoms with Crippen molar-refractivity contribution in [3.63, 3.8) is 0 Å². The standard InChI is InChI=1S/C14H16BrN3O3/c15-11-8-10(18(20)21)5-6-12(11)17-7-1-2-13(17)14(19)16-9-3-4-9/h5-6,8-9,13H,1-4,7H2,(H,16,19)/t13-/m1/s1. The predicted octanol–water partition coefficient (Wildman–Crippen LogP) is 2.60. The first-order valence-electron chi connectivity index (χ1n) is 7.07. The Hall–Kier alpha value is -1.63. The van der Waals surface area contributed by atoms with Gasteiger partial charge in [-0.3, -0.25) is 14.9 Å². The lowest BCUT2D eigenvalue weighted by atomic mass is 10.2. The SMILES string of the molecule is O=C(NC1CC1)[C@H]1CCCN1c1ccc([N+](=O)[O-])cc1Br. The zero-order chi connectivity index (χ0) is 15.0. The molecule has 0 unspecified atom stereocenters. The van der Waals surface area contributed by atoms with Crippen LogP contribution < -0.4 is 10.2 Å². The van der Waals surface area contributed by atoms with Gasteiger partial charge < -0.3 is 10.2 Å². The number of nitro groups is 1. The largest absolute Gasteiger partial charge is 0.359 e. The first kappa shape index (κ1) is 14.3. The molecule has 0 bridgehead atoms. The number of carbonyl (C=O) groups is 1. The van der Waals surface area contributed by atoms with E-state index in [0.29, 0.717) is 10.5 Å². The smallest absolute Gasteiger partial charge is 0.270 e. The van der Waals surface area contributed by atoms with Gasteiger partial charge in [-0.15, -0.1) is 0 Å².